The van der Waals surface area contributed by atoms with Crippen LogP contribution < -0.4 is 10.6 Å². The van der Waals surface area contributed by atoms with Crippen LogP contribution in [-0.2, 0) is 11.2 Å². The first-order valence-electron chi connectivity index (χ1n) is 11.0. The van der Waals surface area contributed by atoms with Crippen molar-refractivity contribution in [2.45, 2.75) is 51.5 Å². The number of aromatic nitrogens is 1. The van der Waals surface area contributed by atoms with E-state index in [2.05, 4.69) is 56.8 Å². The smallest absolute Gasteiger partial charge is 0.225 e. The lowest BCUT2D eigenvalue weighted by Crippen LogP contribution is -2.45. The molecule has 0 radical (unpaired) electrons. The van der Waals surface area contributed by atoms with E-state index < -0.39 is 0 Å². The number of H-pyrrole nitrogens is 1. The average Bonchev–Trinajstić information content (AvgIpc) is 3.48. The summed E-state index contributed by atoms with van der Waals surface area (Å²) in [5, 5.41) is 8.27. The molecule has 0 spiro atoms. The van der Waals surface area contributed by atoms with Gasteiger partial charge >= 0.3 is 0 Å². The summed E-state index contributed by atoms with van der Waals surface area (Å²) in [4.78, 5) is 22.4. The molecule has 2 heterocycles. The fourth-order valence-corrected chi connectivity index (χ4v) is 4.86. The number of guanidine groups is 1. The van der Waals surface area contributed by atoms with Gasteiger partial charge in [-0.2, -0.15) is 0 Å². The number of nitrogens with one attached hydrogen (secondary N) is 3. The molecule has 3 N–H and O–H groups in total. The number of carbonyl (C=O) groups excluding carboxylic acids is 1. The Hall–Kier alpha value is -2.50. The summed E-state index contributed by atoms with van der Waals surface area (Å²) in [6, 6.07) is 6.65. The lowest BCUT2D eigenvalue weighted by molar-refractivity contribution is -0.134. The Morgan fingerprint density at radius 1 is 1.28 bits per heavy atom. The van der Waals surface area contributed by atoms with Crippen molar-refractivity contribution in [3.8, 4) is 0 Å². The molecule has 1 amide bonds. The molecule has 1 aromatic heterocycles. The van der Waals surface area contributed by atoms with Gasteiger partial charge in [-0.3, -0.25) is 9.79 Å². The molecule has 1 saturated heterocycles. The molecule has 2 aliphatic rings. The summed E-state index contributed by atoms with van der Waals surface area (Å²) in [6.07, 6.45) is 8.59. The van der Waals surface area contributed by atoms with Crippen molar-refractivity contribution < 1.29 is 4.79 Å². The fraction of sp³-hybridized carbons (Fsp3) is 0.565. The van der Waals surface area contributed by atoms with Gasteiger partial charge in [0.25, 0.3) is 0 Å². The molecule has 1 aliphatic carbocycles. The Morgan fingerprint density at radius 2 is 2.10 bits per heavy atom. The Kier molecular flexibility index (Phi) is 6.07. The van der Waals surface area contributed by atoms with Crippen molar-refractivity contribution in [1.29, 1.82) is 0 Å². The van der Waals surface area contributed by atoms with Gasteiger partial charge in [-0.05, 0) is 49.8 Å². The molecule has 6 heteroatoms. The minimum absolute atomic E-state index is 0.269. The predicted molar refractivity (Wildman–Crippen MR) is 118 cm³/mol. The maximum Gasteiger partial charge on any atom is 0.225 e. The minimum Gasteiger partial charge on any atom is -0.361 e. The van der Waals surface area contributed by atoms with E-state index in [1.54, 1.807) is 0 Å². The largest absolute Gasteiger partial charge is 0.361 e. The maximum absolute atomic E-state index is 12.6. The molecule has 4 rings (SSSR count). The number of hydrogen-bond donors (Lipinski definition) is 3. The number of fused-ring (bicyclic) bond motifs is 1. The molecular weight excluding hydrogens is 362 g/mol. The van der Waals surface area contributed by atoms with Crippen LogP contribution in [0.3, 0.4) is 0 Å². The van der Waals surface area contributed by atoms with Crippen molar-refractivity contribution in [2.75, 3.05) is 26.7 Å². The number of benzene rings is 1. The SMILES string of the molecule is CN=C(NCCc1c[nH]c2cccc(C)c12)NC1CCN(C(=O)C2CCCC2)C1. The van der Waals surface area contributed by atoms with Crippen LogP contribution in [-0.4, -0.2) is 54.5 Å². The summed E-state index contributed by atoms with van der Waals surface area (Å²) in [7, 11) is 1.81. The fourth-order valence-electron chi connectivity index (χ4n) is 4.86. The second-order valence-electron chi connectivity index (χ2n) is 8.46. The quantitative estimate of drug-likeness (QED) is 0.538. The number of nitrogens with zero attached hydrogens (tertiary/aromatic N) is 2. The molecule has 1 unspecified atom stereocenters. The number of hydrogen-bond acceptors (Lipinski definition) is 2. The Bertz CT molecular complexity index is 881. The first kappa shape index (κ1) is 19.8. The number of carbonyl (C=O) groups is 1. The molecule has 1 saturated carbocycles. The van der Waals surface area contributed by atoms with E-state index >= 15 is 0 Å². The molecule has 1 aliphatic heterocycles. The monoisotopic (exact) mass is 395 g/mol. The van der Waals surface area contributed by atoms with Gasteiger partial charge in [0.05, 0.1) is 0 Å². The van der Waals surface area contributed by atoms with Crippen LogP contribution in [0.1, 0.15) is 43.2 Å². The lowest BCUT2D eigenvalue weighted by atomic mass is 10.1. The average molecular weight is 396 g/mol. The summed E-state index contributed by atoms with van der Waals surface area (Å²) < 4.78 is 0. The molecule has 1 aromatic carbocycles. The van der Waals surface area contributed by atoms with Gasteiger partial charge < -0.3 is 20.5 Å². The van der Waals surface area contributed by atoms with E-state index in [0.29, 0.717) is 5.91 Å². The van der Waals surface area contributed by atoms with Gasteiger partial charge in [0.2, 0.25) is 5.91 Å². The highest BCUT2D eigenvalue weighted by Crippen LogP contribution is 2.28. The summed E-state index contributed by atoms with van der Waals surface area (Å²) in [6.45, 7) is 4.63. The summed E-state index contributed by atoms with van der Waals surface area (Å²) in [5.74, 6) is 1.46. The van der Waals surface area contributed by atoms with Crippen molar-refractivity contribution in [3.63, 3.8) is 0 Å². The lowest BCUT2D eigenvalue weighted by Gasteiger charge is -2.21. The van der Waals surface area contributed by atoms with Gasteiger partial charge in [0, 0.05) is 55.7 Å². The highest BCUT2D eigenvalue weighted by Gasteiger charge is 2.32. The molecule has 2 aromatic rings. The molecule has 2 fully saturated rings. The molecule has 0 bridgehead atoms. The van der Waals surface area contributed by atoms with Crippen molar-refractivity contribution in [1.82, 2.24) is 20.5 Å². The first-order chi connectivity index (χ1) is 14.2. The molecular formula is C23H33N5O. The third kappa shape index (κ3) is 4.41. The standard InChI is InChI=1S/C23H33N5O/c1-16-6-5-9-20-21(16)18(14-26-20)10-12-25-23(24-2)27-19-11-13-28(15-19)22(29)17-7-3-4-8-17/h5-6,9,14,17,19,26H,3-4,7-8,10-13,15H2,1-2H3,(H2,24,25,27). The van der Waals surface area contributed by atoms with Gasteiger partial charge in [0.1, 0.15) is 0 Å². The highest BCUT2D eigenvalue weighted by molar-refractivity contribution is 5.86. The summed E-state index contributed by atoms with van der Waals surface area (Å²) in [5.41, 5.74) is 3.83. The number of aromatic amines is 1. The van der Waals surface area contributed by atoms with Crippen molar-refractivity contribution in [3.05, 3.63) is 35.5 Å². The van der Waals surface area contributed by atoms with E-state index in [0.717, 1.165) is 51.3 Å². The number of likely N-dealkylation sites (tertiary alicyclic amines) is 1. The first-order valence-corrected chi connectivity index (χ1v) is 11.0. The zero-order valence-electron chi connectivity index (χ0n) is 17.6. The molecule has 6 nitrogen and oxygen atoms in total. The molecule has 156 valence electrons. The van der Waals surface area contributed by atoms with Crippen LogP contribution >= 0.6 is 0 Å². The second kappa shape index (κ2) is 8.89. The topological polar surface area (TPSA) is 72.5 Å². The Balaban J connectivity index is 1.26. The van der Waals surface area contributed by atoms with Gasteiger partial charge in [-0.25, -0.2) is 0 Å². The summed E-state index contributed by atoms with van der Waals surface area (Å²) >= 11 is 0. The van der Waals surface area contributed by atoms with E-state index in [4.69, 9.17) is 0 Å². The number of amides is 1. The Morgan fingerprint density at radius 3 is 2.90 bits per heavy atom. The number of aliphatic imine (C=N–C) groups is 1. The molecule has 29 heavy (non-hydrogen) atoms. The van der Waals surface area contributed by atoms with E-state index in [1.807, 2.05) is 7.05 Å². The van der Waals surface area contributed by atoms with E-state index in [1.165, 1.54) is 34.9 Å². The van der Waals surface area contributed by atoms with Crippen LogP contribution in [0, 0.1) is 12.8 Å². The van der Waals surface area contributed by atoms with Crippen LogP contribution in [0.25, 0.3) is 10.9 Å². The van der Waals surface area contributed by atoms with E-state index in [-0.39, 0.29) is 12.0 Å². The Labute approximate surface area is 173 Å². The maximum atomic E-state index is 12.6. The third-order valence-corrected chi connectivity index (χ3v) is 6.45. The zero-order chi connectivity index (χ0) is 20.2. The van der Waals surface area contributed by atoms with Gasteiger partial charge in [-0.15, -0.1) is 0 Å². The highest BCUT2D eigenvalue weighted by atomic mass is 16.2. The predicted octanol–water partition coefficient (Wildman–Crippen LogP) is 2.97. The van der Waals surface area contributed by atoms with Crippen LogP contribution in [0.4, 0.5) is 0 Å². The van der Waals surface area contributed by atoms with Gasteiger partial charge in [0.15, 0.2) is 5.96 Å². The van der Waals surface area contributed by atoms with Crippen LogP contribution in [0.5, 0.6) is 0 Å². The van der Waals surface area contributed by atoms with Crippen molar-refractivity contribution in [2.24, 2.45) is 10.9 Å². The van der Waals surface area contributed by atoms with Crippen LogP contribution in [0.15, 0.2) is 29.4 Å². The van der Waals surface area contributed by atoms with Gasteiger partial charge in [-0.1, -0.05) is 25.0 Å². The second-order valence-corrected chi connectivity index (χ2v) is 8.46. The number of rotatable bonds is 5. The minimum atomic E-state index is 0.269. The van der Waals surface area contributed by atoms with Crippen molar-refractivity contribution >= 4 is 22.8 Å². The normalized spacial score (nSPS) is 20.6. The molecule has 1 atom stereocenters. The van der Waals surface area contributed by atoms with E-state index in [9.17, 15) is 4.79 Å². The number of aryl methyl sites for hydroxylation is 1. The van der Waals surface area contributed by atoms with Crippen LogP contribution in [0.2, 0.25) is 0 Å². The zero-order valence-corrected chi connectivity index (χ0v) is 17.6. The third-order valence-electron chi connectivity index (χ3n) is 6.45.